The van der Waals surface area contributed by atoms with Crippen LogP contribution in [-0.4, -0.2) is 60.6 Å². The molecular weight excluding hydrogens is 515 g/mol. The van der Waals surface area contributed by atoms with Gasteiger partial charge in [-0.05, 0) is 34.5 Å². The Hall–Kier alpha value is -2.30. The molecule has 2 aromatic carbocycles. The topological polar surface area (TPSA) is 63.2 Å². The zero-order valence-corrected chi connectivity index (χ0v) is 20.1. The highest BCUT2D eigenvalue weighted by atomic mass is 127. The predicted octanol–water partition coefficient (Wildman–Crippen LogP) is 4.15. The number of para-hydroxylation sites is 1. The van der Waals surface area contributed by atoms with Gasteiger partial charge in [-0.2, -0.15) is 0 Å². The van der Waals surface area contributed by atoms with Gasteiger partial charge in [0.25, 0.3) is 0 Å². The Morgan fingerprint density at radius 3 is 2.53 bits per heavy atom. The van der Waals surface area contributed by atoms with Gasteiger partial charge in [0.1, 0.15) is 17.4 Å². The fraction of sp³-hybridized carbons (Fsp3) is 0.375. The van der Waals surface area contributed by atoms with Crippen molar-refractivity contribution in [1.29, 1.82) is 0 Å². The second-order valence-electron chi connectivity index (χ2n) is 8.19. The van der Waals surface area contributed by atoms with E-state index in [1.165, 1.54) is 5.56 Å². The molecule has 0 bridgehead atoms. The van der Waals surface area contributed by atoms with E-state index in [0.29, 0.717) is 0 Å². The second kappa shape index (κ2) is 10.1. The zero-order chi connectivity index (χ0) is 21.8. The molecule has 2 aromatic heterocycles. The lowest BCUT2D eigenvalue weighted by Gasteiger charge is -2.38. The molecule has 1 aliphatic rings. The Morgan fingerprint density at radius 1 is 0.969 bits per heavy atom. The molecule has 0 radical (unpaired) electrons. The predicted molar refractivity (Wildman–Crippen MR) is 133 cm³/mol. The molecule has 0 aliphatic carbocycles. The van der Waals surface area contributed by atoms with E-state index in [1.54, 1.807) is 0 Å². The van der Waals surface area contributed by atoms with E-state index in [0.717, 1.165) is 72.7 Å². The number of aryl methyl sites for hydroxylation is 1. The summed E-state index contributed by atoms with van der Waals surface area (Å²) in [6.07, 6.45) is 1.04. The molecule has 8 heteroatoms. The minimum atomic E-state index is -0.0921. The highest BCUT2D eigenvalue weighted by molar-refractivity contribution is 14.1. The number of aromatic nitrogens is 4. The zero-order valence-electron chi connectivity index (χ0n) is 18.0. The number of tetrazole rings is 1. The lowest BCUT2D eigenvalue weighted by molar-refractivity contribution is 0.0927. The van der Waals surface area contributed by atoms with Gasteiger partial charge in [0.15, 0.2) is 5.82 Å². The molecule has 4 aromatic rings. The Balaban J connectivity index is 1.40. The van der Waals surface area contributed by atoms with Gasteiger partial charge in [0, 0.05) is 49.1 Å². The van der Waals surface area contributed by atoms with Crippen LogP contribution < -0.4 is 0 Å². The van der Waals surface area contributed by atoms with Crippen molar-refractivity contribution in [2.45, 2.75) is 25.6 Å². The van der Waals surface area contributed by atoms with Crippen LogP contribution in [0.3, 0.4) is 0 Å². The number of benzene rings is 2. The molecule has 3 heterocycles. The van der Waals surface area contributed by atoms with E-state index in [4.69, 9.17) is 4.42 Å². The van der Waals surface area contributed by atoms with E-state index >= 15 is 0 Å². The molecule has 32 heavy (non-hydrogen) atoms. The second-order valence-corrected chi connectivity index (χ2v) is 9.27. The van der Waals surface area contributed by atoms with Crippen LogP contribution in [0, 0.1) is 0 Å². The molecule has 1 aliphatic heterocycles. The average molecular weight is 542 g/mol. The van der Waals surface area contributed by atoms with Crippen molar-refractivity contribution in [2.75, 3.05) is 30.6 Å². The van der Waals surface area contributed by atoms with Gasteiger partial charge < -0.3 is 4.42 Å². The van der Waals surface area contributed by atoms with Gasteiger partial charge in [-0.1, -0.05) is 71.1 Å². The van der Waals surface area contributed by atoms with Crippen molar-refractivity contribution in [3.63, 3.8) is 0 Å². The summed E-state index contributed by atoms with van der Waals surface area (Å²) < 4.78 is 9.35. The molecule has 1 saturated heterocycles. The first-order chi connectivity index (χ1) is 15.8. The van der Waals surface area contributed by atoms with E-state index in [2.05, 4.69) is 90.4 Å². The van der Waals surface area contributed by atoms with Gasteiger partial charge in [0.05, 0.1) is 0 Å². The lowest BCUT2D eigenvalue weighted by Crippen LogP contribution is -2.47. The first kappa shape index (κ1) is 21.5. The van der Waals surface area contributed by atoms with E-state index in [9.17, 15) is 0 Å². The van der Waals surface area contributed by atoms with Crippen LogP contribution in [0.4, 0.5) is 0 Å². The lowest BCUT2D eigenvalue weighted by atomic mass is 10.1. The SMILES string of the molecule is ICCCn1nnnc1C(c1cc2ccccc2o1)N1CCN(Cc2ccccc2)CC1. The summed E-state index contributed by atoms with van der Waals surface area (Å²) in [5.74, 6) is 1.78. The first-order valence-electron chi connectivity index (χ1n) is 11.1. The number of hydrogen-bond donors (Lipinski definition) is 0. The minimum absolute atomic E-state index is 0.0921. The van der Waals surface area contributed by atoms with Crippen LogP contribution in [0.1, 0.15) is 29.6 Å². The highest BCUT2D eigenvalue weighted by Crippen LogP contribution is 2.32. The van der Waals surface area contributed by atoms with Gasteiger partial charge >= 0.3 is 0 Å². The van der Waals surface area contributed by atoms with Gasteiger partial charge in [-0.15, -0.1) is 5.10 Å². The average Bonchev–Trinajstić information content (AvgIpc) is 3.47. The Kier molecular flexibility index (Phi) is 6.80. The summed E-state index contributed by atoms with van der Waals surface area (Å²) in [5, 5.41) is 13.9. The van der Waals surface area contributed by atoms with Crippen molar-refractivity contribution in [3.8, 4) is 0 Å². The molecule has 166 valence electrons. The Labute approximate surface area is 201 Å². The maximum absolute atomic E-state index is 6.32. The number of piperazine rings is 1. The van der Waals surface area contributed by atoms with Crippen LogP contribution in [0.2, 0.25) is 0 Å². The smallest absolute Gasteiger partial charge is 0.176 e. The van der Waals surface area contributed by atoms with Crippen molar-refractivity contribution in [3.05, 3.63) is 77.8 Å². The van der Waals surface area contributed by atoms with Gasteiger partial charge in [-0.25, -0.2) is 4.68 Å². The van der Waals surface area contributed by atoms with Crippen molar-refractivity contribution in [1.82, 2.24) is 30.0 Å². The van der Waals surface area contributed by atoms with Crippen molar-refractivity contribution in [2.24, 2.45) is 0 Å². The summed E-state index contributed by atoms with van der Waals surface area (Å²) in [4.78, 5) is 4.98. The highest BCUT2D eigenvalue weighted by Gasteiger charge is 2.33. The number of furan rings is 1. The number of nitrogens with zero attached hydrogens (tertiary/aromatic N) is 6. The first-order valence-corrected chi connectivity index (χ1v) is 12.7. The molecule has 1 unspecified atom stereocenters. The van der Waals surface area contributed by atoms with E-state index < -0.39 is 0 Å². The number of fused-ring (bicyclic) bond motifs is 1. The monoisotopic (exact) mass is 542 g/mol. The van der Waals surface area contributed by atoms with E-state index in [1.807, 2.05) is 22.9 Å². The van der Waals surface area contributed by atoms with Gasteiger partial charge in [-0.3, -0.25) is 9.80 Å². The minimum Gasteiger partial charge on any atom is -0.459 e. The molecule has 1 atom stereocenters. The van der Waals surface area contributed by atoms with Gasteiger partial charge in [0.2, 0.25) is 0 Å². The number of hydrogen-bond acceptors (Lipinski definition) is 6. The third kappa shape index (κ3) is 4.72. The molecule has 0 saturated carbocycles. The molecule has 7 nitrogen and oxygen atoms in total. The van der Waals surface area contributed by atoms with Crippen LogP contribution in [-0.2, 0) is 13.1 Å². The number of halogens is 1. The maximum Gasteiger partial charge on any atom is 0.176 e. The molecule has 1 fully saturated rings. The van der Waals surface area contributed by atoms with E-state index in [-0.39, 0.29) is 6.04 Å². The van der Waals surface area contributed by atoms with Crippen molar-refractivity contribution < 1.29 is 4.42 Å². The standard InChI is InChI=1S/C24H27IN6O/c25-11-6-12-31-24(26-27-28-31)23(22-17-20-9-4-5-10-21(20)32-22)30-15-13-29(14-16-30)18-19-7-2-1-3-8-19/h1-5,7-10,17,23H,6,11-16,18H2. The summed E-state index contributed by atoms with van der Waals surface area (Å²) in [6, 6.07) is 20.9. The number of rotatable bonds is 8. The summed E-state index contributed by atoms with van der Waals surface area (Å²) in [5.41, 5.74) is 2.26. The summed E-state index contributed by atoms with van der Waals surface area (Å²) in [6.45, 7) is 5.68. The molecule has 5 rings (SSSR count). The summed E-state index contributed by atoms with van der Waals surface area (Å²) in [7, 11) is 0. The third-order valence-electron chi connectivity index (χ3n) is 6.04. The normalized spacial score (nSPS) is 16.5. The van der Waals surface area contributed by atoms with Crippen molar-refractivity contribution >= 4 is 33.6 Å². The molecule has 0 N–H and O–H groups in total. The fourth-order valence-corrected chi connectivity index (χ4v) is 4.75. The fourth-order valence-electron chi connectivity index (χ4n) is 4.41. The Morgan fingerprint density at radius 2 is 1.75 bits per heavy atom. The van der Waals surface area contributed by atoms with Crippen LogP contribution >= 0.6 is 22.6 Å². The van der Waals surface area contributed by atoms with Crippen LogP contribution in [0.5, 0.6) is 0 Å². The third-order valence-corrected chi connectivity index (χ3v) is 6.81. The van der Waals surface area contributed by atoms with Crippen LogP contribution in [0.25, 0.3) is 11.0 Å². The molecule has 0 spiro atoms. The molecular formula is C24H27IN6O. The molecule has 0 amide bonds. The number of alkyl halides is 1. The summed E-state index contributed by atoms with van der Waals surface area (Å²) >= 11 is 2.40. The van der Waals surface area contributed by atoms with Crippen LogP contribution in [0.15, 0.2) is 65.1 Å². The maximum atomic E-state index is 6.32. The quantitative estimate of drug-likeness (QED) is 0.246. The Bertz CT molecular complexity index is 1100. The largest absolute Gasteiger partial charge is 0.459 e.